The highest BCUT2D eigenvalue weighted by molar-refractivity contribution is 5.34. The summed E-state index contributed by atoms with van der Waals surface area (Å²) in [5, 5.41) is 3.43. The summed E-state index contributed by atoms with van der Waals surface area (Å²) in [4.78, 5) is 0. The van der Waals surface area contributed by atoms with Crippen molar-refractivity contribution in [3.8, 4) is 0 Å². The van der Waals surface area contributed by atoms with Gasteiger partial charge in [-0.25, -0.2) is 0 Å². The van der Waals surface area contributed by atoms with Crippen LogP contribution in [0.4, 0.5) is 26.3 Å². The molecule has 1 N–H and O–H groups in total. The number of nitrogens with one attached hydrogen (secondary N) is 1. The topological polar surface area (TPSA) is 12.0 Å². The zero-order valence-corrected chi connectivity index (χ0v) is 15.1. The lowest BCUT2D eigenvalue weighted by atomic mass is 9.82. The maximum atomic E-state index is 13.0. The molecule has 0 radical (unpaired) electrons. The summed E-state index contributed by atoms with van der Waals surface area (Å²) in [6, 6.07) is 11.6. The second kappa shape index (κ2) is 8.15. The van der Waals surface area contributed by atoms with Crippen molar-refractivity contribution in [3.63, 3.8) is 0 Å². The third-order valence-electron chi connectivity index (χ3n) is 5.20. The molecule has 7 heteroatoms. The highest BCUT2D eigenvalue weighted by atomic mass is 19.4. The van der Waals surface area contributed by atoms with Crippen LogP contribution in [0.15, 0.2) is 48.5 Å². The van der Waals surface area contributed by atoms with Crippen LogP contribution in [-0.4, -0.2) is 6.54 Å². The molecule has 1 aliphatic heterocycles. The molecule has 3 rings (SSSR count). The minimum absolute atomic E-state index is 0.0582. The number of hydrogen-bond donors (Lipinski definition) is 1. The third kappa shape index (κ3) is 5.07. The molecule has 0 aliphatic carbocycles. The second-order valence-electron chi connectivity index (χ2n) is 7.20. The molecule has 0 aromatic heterocycles. The molecule has 1 fully saturated rings. The average Bonchev–Trinajstić information content (AvgIpc) is 2.66. The van der Waals surface area contributed by atoms with E-state index in [1.165, 1.54) is 0 Å². The zero-order chi connectivity index (χ0) is 20.4. The molecule has 2 aromatic rings. The Bertz CT molecular complexity index is 749. The summed E-state index contributed by atoms with van der Waals surface area (Å²) in [5.41, 5.74) is -1.34. The van der Waals surface area contributed by atoms with Crippen molar-refractivity contribution < 1.29 is 26.3 Å². The highest BCUT2D eigenvalue weighted by Gasteiger charge is 2.37. The molecule has 1 saturated heterocycles. The molecule has 0 spiro atoms. The fourth-order valence-corrected chi connectivity index (χ4v) is 3.83. The van der Waals surface area contributed by atoms with Crippen molar-refractivity contribution in [2.45, 2.75) is 44.1 Å². The molecule has 1 heterocycles. The van der Waals surface area contributed by atoms with Crippen molar-refractivity contribution >= 4 is 0 Å². The highest BCUT2D eigenvalue weighted by Crippen LogP contribution is 2.38. The van der Waals surface area contributed by atoms with E-state index >= 15 is 0 Å². The van der Waals surface area contributed by atoms with Gasteiger partial charge < -0.3 is 5.32 Å². The van der Waals surface area contributed by atoms with Gasteiger partial charge in [-0.05, 0) is 67.5 Å². The zero-order valence-electron chi connectivity index (χ0n) is 15.1. The van der Waals surface area contributed by atoms with Crippen molar-refractivity contribution in [2.24, 2.45) is 5.92 Å². The van der Waals surface area contributed by atoms with E-state index in [0.29, 0.717) is 6.42 Å². The van der Waals surface area contributed by atoms with Crippen LogP contribution in [0.3, 0.4) is 0 Å². The van der Waals surface area contributed by atoms with Gasteiger partial charge in [0.1, 0.15) is 0 Å². The van der Waals surface area contributed by atoms with E-state index in [0.717, 1.165) is 37.1 Å². The number of hydrogen-bond acceptors (Lipinski definition) is 1. The fourth-order valence-electron chi connectivity index (χ4n) is 3.83. The van der Waals surface area contributed by atoms with Crippen molar-refractivity contribution in [2.75, 3.05) is 6.54 Å². The van der Waals surface area contributed by atoms with Gasteiger partial charge in [0.15, 0.2) is 0 Å². The van der Waals surface area contributed by atoms with E-state index in [2.05, 4.69) is 5.32 Å². The first-order chi connectivity index (χ1) is 13.1. The van der Waals surface area contributed by atoms with Crippen LogP contribution >= 0.6 is 0 Å². The molecule has 1 nitrogen and oxygen atoms in total. The number of aryl methyl sites for hydroxylation is 1. The molecular formula is C21H21F6N. The van der Waals surface area contributed by atoms with E-state index in [-0.39, 0.29) is 30.0 Å². The molecule has 0 unspecified atom stereocenters. The molecule has 28 heavy (non-hydrogen) atoms. The van der Waals surface area contributed by atoms with Crippen LogP contribution < -0.4 is 5.32 Å². The summed E-state index contributed by atoms with van der Waals surface area (Å²) in [6.45, 7) is 0.845. The van der Waals surface area contributed by atoms with Crippen LogP contribution in [0.25, 0.3) is 0 Å². The van der Waals surface area contributed by atoms with Gasteiger partial charge in [-0.15, -0.1) is 0 Å². The Hall–Kier alpha value is -2.02. The Kier molecular flexibility index (Phi) is 6.03. The average molecular weight is 401 g/mol. The largest absolute Gasteiger partial charge is 0.416 e. The number of alkyl halides is 6. The fraction of sp³-hybridized carbons (Fsp3) is 0.429. The first-order valence-corrected chi connectivity index (χ1v) is 9.21. The molecular weight excluding hydrogens is 380 g/mol. The van der Waals surface area contributed by atoms with E-state index in [4.69, 9.17) is 0 Å². The summed E-state index contributed by atoms with van der Waals surface area (Å²) < 4.78 is 78.2. The van der Waals surface area contributed by atoms with E-state index in [1.807, 2.05) is 30.3 Å². The molecule has 152 valence electrons. The predicted molar refractivity (Wildman–Crippen MR) is 94.7 cm³/mol. The molecule has 2 atom stereocenters. The smallest absolute Gasteiger partial charge is 0.310 e. The molecule has 2 aromatic carbocycles. The number of piperidine rings is 1. The van der Waals surface area contributed by atoms with E-state index < -0.39 is 23.5 Å². The van der Waals surface area contributed by atoms with Crippen LogP contribution in [0.2, 0.25) is 0 Å². The molecule has 1 aliphatic rings. The molecule has 0 amide bonds. The Morgan fingerprint density at radius 3 is 2.04 bits per heavy atom. The maximum absolute atomic E-state index is 13.0. The lowest BCUT2D eigenvalue weighted by Gasteiger charge is -2.33. The van der Waals surface area contributed by atoms with Crippen molar-refractivity contribution in [3.05, 3.63) is 70.8 Å². The Morgan fingerprint density at radius 1 is 0.857 bits per heavy atom. The normalized spacial score (nSPS) is 20.9. The van der Waals surface area contributed by atoms with Crippen LogP contribution in [-0.2, 0) is 18.8 Å². The van der Waals surface area contributed by atoms with E-state index in [1.54, 1.807) is 0 Å². The minimum atomic E-state index is -4.81. The first kappa shape index (κ1) is 20.7. The van der Waals surface area contributed by atoms with Gasteiger partial charge in [0.25, 0.3) is 0 Å². The van der Waals surface area contributed by atoms with E-state index in [9.17, 15) is 26.3 Å². The summed E-state index contributed by atoms with van der Waals surface area (Å²) >= 11 is 0. The minimum Gasteiger partial charge on any atom is -0.310 e. The van der Waals surface area contributed by atoms with Crippen LogP contribution in [0, 0.1) is 5.92 Å². The van der Waals surface area contributed by atoms with Crippen molar-refractivity contribution in [1.29, 1.82) is 0 Å². The maximum Gasteiger partial charge on any atom is 0.416 e. The lowest BCUT2D eigenvalue weighted by Crippen LogP contribution is -2.34. The van der Waals surface area contributed by atoms with Gasteiger partial charge in [-0.3, -0.25) is 0 Å². The summed E-state index contributed by atoms with van der Waals surface area (Å²) in [5.74, 6) is 0.153. The molecule has 0 bridgehead atoms. The lowest BCUT2D eigenvalue weighted by molar-refractivity contribution is -0.143. The second-order valence-corrected chi connectivity index (χ2v) is 7.20. The Morgan fingerprint density at radius 2 is 1.46 bits per heavy atom. The SMILES string of the molecule is FC(F)(F)c1cc(CC[C@H]2CCCN[C@H]2c2ccccc2)cc(C(F)(F)F)c1. The Balaban J connectivity index is 1.81. The number of halogens is 6. The summed E-state index contributed by atoms with van der Waals surface area (Å²) in [7, 11) is 0. The van der Waals surface area contributed by atoms with Gasteiger partial charge >= 0.3 is 12.4 Å². The van der Waals surface area contributed by atoms with Gasteiger partial charge in [-0.2, -0.15) is 26.3 Å². The standard InChI is InChI=1S/C21H21F6N/c22-20(23,24)17-11-14(12-18(13-17)21(25,26)27)8-9-16-7-4-10-28-19(16)15-5-2-1-3-6-15/h1-3,5-6,11-13,16,19,28H,4,7-10H2/t16-,19+/m1/s1. The first-order valence-electron chi connectivity index (χ1n) is 9.21. The predicted octanol–water partition coefficient (Wildman–Crippen LogP) is 6.40. The van der Waals surface area contributed by atoms with Gasteiger partial charge in [0.2, 0.25) is 0 Å². The van der Waals surface area contributed by atoms with Gasteiger partial charge in [0, 0.05) is 6.04 Å². The third-order valence-corrected chi connectivity index (χ3v) is 5.20. The van der Waals surface area contributed by atoms with Crippen molar-refractivity contribution in [1.82, 2.24) is 5.32 Å². The van der Waals surface area contributed by atoms with Gasteiger partial charge in [0.05, 0.1) is 11.1 Å². The van der Waals surface area contributed by atoms with Crippen LogP contribution in [0.1, 0.15) is 47.6 Å². The monoisotopic (exact) mass is 401 g/mol. The summed E-state index contributed by atoms with van der Waals surface area (Å²) in [6.07, 6.45) is -7.11. The van der Waals surface area contributed by atoms with Gasteiger partial charge in [-0.1, -0.05) is 30.3 Å². The number of benzene rings is 2. The molecule has 0 saturated carbocycles. The van der Waals surface area contributed by atoms with Crippen LogP contribution in [0.5, 0.6) is 0 Å². The Labute approximate surface area is 159 Å². The number of rotatable bonds is 4. The quantitative estimate of drug-likeness (QED) is 0.585.